The van der Waals surface area contributed by atoms with Gasteiger partial charge in [0.1, 0.15) is 12.4 Å². The number of aryl methyl sites for hydroxylation is 2. The van der Waals surface area contributed by atoms with Gasteiger partial charge in [0.2, 0.25) is 5.91 Å². The summed E-state index contributed by atoms with van der Waals surface area (Å²) in [6.45, 7) is 1.59. The molecule has 1 aliphatic heterocycles. The van der Waals surface area contributed by atoms with Gasteiger partial charge in [0.15, 0.2) is 11.2 Å². The van der Waals surface area contributed by atoms with Crippen LogP contribution in [0.25, 0.3) is 11.2 Å². The fourth-order valence-electron chi connectivity index (χ4n) is 3.65. The Hall–Kier alpha value is -3.43. The molecule has 0 unspecified atom stereocenters. The van der Waals surface area contributed by atoms with Gasteiger partial charge in [-0.3, -0.25) is 14.2 Å². The van der Waals surface area contributed by atoms with Crippen LogP contribution in [0.4, 0.5) is 11.5 Å². The summed E-state index contributed by atoms with van der Waals surface area (Å²) in [7, 11) is 3.19. The molecule has 10 nitrogen and oxygen atoms in total. The van der Waals surface area contributed by atoms with E-state index in [-0.39, 0.29) is 17.7 Å². The maximum atomic E-state index is 12.7. The zero-order valence-electron chi connectivity index (χ0n) is 16.5. The second kappa shape index (κ2) is 7.53. The molecule has 10 heteroatoms. The Morgan fingerprint density at radius 1 is 1.10 bits per heavy atom. The van der Waals surface area contributed by atoms with Crippen molar-refractivity contribution in [1.82, 2.24) is 23.7 Å². The summed E-state index contributed by atoms with van der Waals surface area (Å²) in [5, 5.41) is 2.70. The minimum Gasteiger partial charge on any atom is -0.357 e. The first-order chi connectivity index (χ1) is 14.0. The van der Waals surface area contributed by atoms with Gasteiger partial charge >= 0.3 is 5.69 Å². The SMILES string of the molecule is Cn1cnc2c1c(=O)n(CC(=O)Nc1ccc(N3CCCCC3)nc1)c(=O)n2C. The highest BCUT2D eigenvalue weighted by Gasteiger charge is 2.17. The molecule has 0 saturated carbocycles. The third-order valence-electron chi connectivity index (χ3n) is 5.21. The van der Waals surface area contributed by atoms with Crippen LogP contribution < -0.4 is 21.5 Å². The topological polar surface area (TPSA) is 107 Å². The molecule has 1 amide bonds. The van der Waals surface area contributed by atoms with Gasteiger partial charge < -0.3 is 14.8 Å². The van der Waals surface area contributed by atoms with E-state index in [0.29, 0.717) is 5.69 Å². The van der Waals surface area contributed by atoms with E-state index in [4.69, 9.17) is 0 Å². The van der Waals surface area contributed by atoms with E-state index in [1.54, 1.807) is 19.3 Å². The van der Waals surface area contributed by atoms with Crippen molar-refractivity contribution in [3.8, 4) is 0 Å². The van der Waals surface area contributed by atoms with Crippen molar-refractivity contribution in [3.63, 3.8) is 0 Å². The van der Waals surface area contributed by atoms with Crippen molar-refractivity contribution in [1.29, 1.82) is 0 Å². The number of nitrogens with one attached hydrogen (secondary N) is 1. The van der Waals surface area contributed by atoms with E-state index in [9.17, 15) is 14.4 Å². The van der Waals surface area contributed by atoms with Crippen LogP contribution in [0.2, 0.25) is 0 Å². The Balaban J connectivity index is 1.52. The normalized spacial score (nSPS) is 14.3. The molecule has 0 radical (unpaired) electrons. The molecule has 152 valence electrons. The Morgan fingerprint density at radius 2 is 1.86 bits per heavy atom. The summed E-state index contributed by atoms with van der Waals surface area (Å²) < 4.78 is 3.71. The molecule has 29 heavy (non-hydrogen) atoms. The number of hydrogen-bond donors (Lipinski definition) is 1. The summed E-state index contributed by atoms with van der Waals surface area (Å²) in [6, 6.07) is 3.65. The molecule has 1 fully saturated rings. The molecular formula is C19H23N7O3. The highest BCUT2D eigenvalue weighted by atomic mass is 16.2. The van der Waals surface area contributed by atoms with E-state index in [0.717, 1.165) is 36.3 Å². The lowest BCUT2D eigenvalue weighted by atomic mass is 10.1. The number of carbonyl (C=O) groups excluding carboxylic acids is 1. The summed E-state index contributed by atoms with van der Waals surface area (Å²) in [6.07, 6.45) is 6.61. The number of nitrogens with zero attached hydrogens (tertiary/aromatic N) is 6. The van der Waals surface area contributed by atoms with Gasteiger partial charge in [-0.15, -0.1) is 0 Å². The van der Waals surface area contributed by atoms with Gasteiger partial charge in [-0.25, -0.2) is 19.3 Å². The standard InChI is InChI=1S/C19H23N7O3/c1-23-12-21-17-16(23)18(28)26(19(29)24(17)2)11-15(27)22-13-6-7-14(20-10-13)25-8-4-3-5-9-25/h6-7,10,12H,3-5,8-9,11H2,1-2H3,(H,22,27). The van der Waals surface area contributed by atoms with Crippen LogP contribution in [-0.4, -0.2) is 42.7 Å². The first-order valence-corrected chi connectivity index (χ1v) is 9.57. The van der Waals surface area contributed by atoms with Crippen LogP contribution in [0.3, 0.4) is 0 Å². The van der Waals surface area contributed by atoms with Crippen molar-refractivity contribution in [2.75, 3.05) is 23.3 Å². The maximum Gasteiger partial charge on any atom is 0.332 e. The molecule has 0 spiro atoms. The van der Waals surface area contributed by atoms with Crippen LogP contribution in [0.1, 0.15) is 19.3 Å². The third-order valence-corrected chi connectivity index (χ3v) is 5.21. The Morgan fingerprint density at radius 3 is 2.55 bits per heavy atom. The monoisotopic (exact) mass is 397 g/mol. The predicted octanol–water partition coefficient (Wildman–Crippen LogP) is 0.458. The Labute approximate surface area is 166 Å². The number of imidazole rings is 1. The van der Waals surface area contributed by atoms with Crippen molar-refractivity contribution >= 4 is 28.6 Å². The van der Waals surface area contributed by atoms with Crippen molar-refractivity contribution in [2.45, 2.75) is 25.8 Å². The molecule has 3 aromatic heterocycles. The Kier molecular flexibility index (Phi) is 4.91. The summed E-state index contributed by atoms with van der Waals surface area (Å²) >= 11 is 0. The number of rotatable bonds is 4. The van der Waals surface area contributed by atoms with Crippen molar-refractivity contribution < 1.29 is 4.79 Å². The number of piperidine rings is 1. The molecule has 1 N–H and O–H groups in total. The van der Waals surface area contributed by atoms with Crippen molar-refractivity contribution in [3.05, 3.63) is 45.5 Å². The first-order valence-electron chi connectivity index (χ1n) is 9.57. The molecule has 4 rings (SSSR count). The van der Waals surface area contributed by atoms with Crippen molar-refractivity contribution in [2.24, 2.45) is 14.1 Å². The highest BCUT2D eigenvalue weighted by molar-refractivity contribution is 5.90. The van der Waals surface area contributed by atoms with E-state index >= 15 is 0 Å². The lowest BCUT2D eigenvalue weighted by Crippen LogP contribution is -2.42. The second-order valence-corrected chi connectivity index (χ2v) is 7.26. The molecule has 0 bridgehead atoms. The lowest BCUT2D eigenvalue weighted by molar-refractivity contribution is -0.116. The minimum absolute atomic E-state index is 0.271. The summed E-state index contributed by atoms with van der Waals surface area (Å²) in [5.41, 5.74) is -0.0573. The van der Waals surface area contributed by atoms with E-state index in [2.05, 4.69) is 20.2 Å². The largest absolute Gasteiger partial charge is 0.357 e. The molecule has 0 aliphatic carbocycles. The lowest BCUT2D eigenvalue weighted by Gasteiger charge is -2.27. The molecule has 1 saturated heterocycles. The van der Waals surface area contributed by atoms with Crippen LogP contribution >= 0.6 is 0 Å². The number of pyridine rings is 1. The smallest absolute Gasteiger partial charge is 0.332 e. The molecular weight excluding hydrogens is 374 g/mol. The van der Waals surface area contributed by atoms with Crippen LogP contribution in [0, 0.1) is 0 Å². The molecule has 0 aromatic carbocycles. The van der Waals surface area contributed by atoms with E-state index in [1.807, 2.05) is 6.07 Å². The number of hydrogen-bond acceptors (Lipinski definition) is 6. The van der Waals surface area contributed by atoms with Crippen LogP contribution in [-0.2, 0) is 25.4 Å². The average molecular weight is 397 g/mol. The summed E-state index contributed by atoms with van der Waals surface area (Å²) in [5.74, 6) is 0.410. The van der Waals surface area contributed by atoms with E-state index < -0.39 is 17.2 Å². The minimum atomic E-state index is -0.588. The van der Waals surface area contributed by atoms with Gasteiger partial charge in [-0.1, -0.05) is 0 Å². The molecule has 1 aliphatic rings. The van der Waals surface area contributed by atoms with Crippen LogP contribution in [0.15, 0.2) is 34.2 Å². The highest BCUT2D eigenvalue weighted by Crippen LogP contribution is 2.18. The fraction of sp³-hybridized carbons (Fsp3) is 0.421. The fourth-order valence-corrected chi connectivity index (χ4v) is 3.65. The van der Waals surface area contributed by atoms with Gasteiger partial charge in [0, 0.05) is 27.2 Å². The molecule has 4 heterocycles. The number of amides is 1. The summed E-state index contributed by atoms with van der Waals surface area (Å²) in [4.78, 5) is 48.4. The van der Waals surface area contributed by atoms with Crippen LogP contribution in [0.5, 0.6) is 0 Å². The van der Waals surface area contributed by atoms with E-state index in [1.165, 1.54) is 28.9 Å². The number of fused-ring (bicyclic) bond motifs is 1. The first kappa shape index (κ1) is 18.9. The Bertz CT molecular complexity index is 1170. The van der Waals surface area contributed by atoms with Gasteiger partial charge in [0.05, 0.1) is 18.2 Å². The number of aromatic nitrogens is 5. The zero-order chi connectivity index (χ0) is 20.5. The number of anilines is 2. The number of carbonyl (C=O) groups is 1. The quantitative estimate of drug-likeness (QED) is 0.685. The second-order valence-electron chi connectivity index (χ2n) is 7.26. The molecule has 0 atom stereocenters. The average Bonchev–Trinajstić information content (AvgIpc) is 3.12. The van der Waals surface area contributed by atoms with Gasteiger partial charge in [0.25, 0.3) is 5.56 Å². The van der Waals surface area contributed by atoms with Gasteiger partial charge in [-0.2, -0.15) is 0 Å². The van der Waals surface area contributed by atoms with Gasteiger partial charge in [-0.05, 0) is 31.4 Å². The maximum absolute atomic E-state index is 12.7. The zero-order valence-corrected chi connectivity index (χ0v) is 16.5. The molecule has 3 aromatic rings. The predicted molar refractivity (Wildman–Crippen MR) is 109 cm³/mol. The third kappa shape index (κ3) is 3.53.